The van der Waals surface area contributed by atoms with E-state index in [0.717, 1.165) is 5.56 Å². The van der Waals surface area contributed by atoms with Gasteiger partial charge in [0.1, 0.15) is 17.3 Å². The number of esters is 1. The molecule has 1 saturated heterocycles. The molecule has 2 aromatic rings. The number of hydrazone groups is 1. The molecule has 3 atom stereocenters. The second-order valence-corrected chi connectivity index (χ2v) is 8.23. The van der Waals surface area contributed by atoms with Gasteiger partial charge in [0.05, 0.1) is 23.8 Å². The maximum atomic E-state index is 13.8. The highest BCUT2D eigenvalue weighted by Crippen LogP contribution is 2.58. The van der Waals surface area contributed by atoms with Gasteiger partial charge < -0.3 is 9.47 Å². The van der Waals surface area contributed by atoms with Crippen molar-refractivity contribution in [3.05, 3.63) is 60.2 Å². The predicted molar refractivity (Wildman–Crippen MR) is 113 cm³/mol. The van der Waals surface area contributed by atoms with Crippen LogP contribution in [-0.4, -0.2) is 36.6 Å². The predicted octanol–water partition coefficient (Wildman–Crippen LogP) is 3.82. The Labute approximate surface area is 173 Å². The molecule has 7 heteroatoms. The monoisotopic (exact) mass is 410 g/mol. The maximum absolute atomic E-state index is 13.8. The number of methoxy groups -OCH3 is 1. The van der Waals surface area contributed by atoms with Crippen molar-refractivity contribution in [1.29, 1.82) is 0 Å². The van der Waals surface area contributed by atoms with Crippen molar-refractivity contribution in [3.63, 3.8) is 0 Å². The van der Waals surface area contributed by atoms with E-state index in [1.165, 1.54) is 11.9 Å². The molecule has 1 fully saturated rings. The summed E-state index contributed by atoms with van der Waals surface area (Å²) in [7, 11) is 1.61. The Hall–Kier alpha value is -2.80. The molecule has 4 rings (SSSR count). The fourth-order valence-electron chi connectivity index (χ4n) is 4.13. The summed E-state index contributed by atoms with van der Waals surface area (Å²) in [6, 6.07) is 17.0. The zero-order chi connectivity index (χ0) is 20.6. The highest BCUT2D eigenvalue weighted by molar-refractivity contribution is 8.00. The normalized spacial score (nSPS) is 26.0. The molecule has 0 saturated carbocycles. The van der Waals surface area contributed by atoms with E-state index < -0.39 is 17.5 Å². The summed E-state index contributed by atoms with van der Waals surface area (Å²) >= 11 is 1.60. The Morgan fingerprint density at radius 2 is 1.97 bits per heavy atom. The minimum atomic E-state index is -1.06. The van der Waals surface area contributed by atoms with Crippen LogP contribution < -0.4 is 9.75 Å². The molecule has 0 radical (unpaired) electrons. The van der Waals surface area contributed by atoms with Crippen LogP contribution in [0.5, 0.6) is 5.75 Å². The molecule has 1 spiro atoms. The van der Waals surface area contributed by atoms with Crippen molar-refractivity contribution >= 4 is 35.0 Å². The van der Waals surface area contributed by atoms with Crippen LogP contribution in [0.1, 0.15) is 24.7 Å². The topological polar surface area (TPSA) is 68.2 Å². The van der Waals surface area contributed by atoms with Gasteiger partial charge >= 0.3 is 5.97 Å². The highest BCUT2D eigenvalue weighted by Gasteiger charge is 2.65. The van der Waals surface area contributed by atoms with Gasteiger partial charge in [0.25, 0.3) is 5.91 Å². The molecule has 0 unspecified atom stereocenters. The van der Waals surface area contributed by atoms with Crippen LogP contribution in [0.25, 0.3) is 0 Å². The molecule has 2 aliphatic rings. The second kappa shape index (κ2) is 7.55. The first-order valence-electron chi connectivity index (χ1n) is 9.36. The van der Waals surface area contributed by atoms with Crippen LogP contribution in [0, 0.1) is 5.41 Å². The van der Waals surface area contributed by atoms with Crippen LogP contribution in [0.4, 0.5) is 5.69 Å². The zero-order valence-corrected chi connectivity index (χ0v) is 17.3. The molecular weight excluding hydrogens is 388 g/mol. The first-order chi connectivity index (χ1) is 14.0. The van der Waals surface area contributed by atoms with Gasteiger partial charge in [-0.1, -0.05) is 30.3 Å². The number of anilines is 1. The number of para-hydroxylation sites is 1. The smallest absolute Gasteiger partial charge is 0.302 e. The number of ether oxygens (including phenoxy) is 2. The standard InChI is InChI=1S/C22H22N2O4S/c1-14-22(21(26)24(23-14)17-9-5-4-6-10-17)19(28-15(2)25)13-29-20(22)16-8-7-11-18(12-16)27-3/h4-12,19-20H,13H2,1-3H3/t19-,20-,22+/m1/s1. The second-order valence-electron chi connectivity index (χ2n) is 7.09. The third-order valence-corrected chi connectivity index (χ3v) is 6.91. The molecule has 6 nitrogen and oxygen atoms in total. The Kier molecular flexibility index (Phi) is 5.08. The van der Waals surface area contributed by atoms with E-state index in [4.69, 9.17) is 9.47 Å². The molecule has 150 valence electrons. The van der Waals surface area contributed by atoms with E-state index >= 15 is 0 Å². The quantitative estimate of drug-likeness (QED) is 0.717. The molecular formula is C22H22N2O4S. The fourth-order valence-corrected chi connectivity index (χ4v) is 5.85. The van der Waals surface area contributed by atoms with E-state index in [2.05, 4.69) is 5.10 Å². The van der Waals surface area contributed by atoms with Crippen molar-refractivity contribution in [1.82, 2.24) is 0 Å². The first-order valence-corrected chi connectivity index (χ1v) is 10.4. The fraction of sp³-hybridized carbons (Fsp3) is 0.318. The van der Waals surface area contributed by atoms with E-state index in [1.807, 2.05) is 61.5 Å². The lowest BCUT2D eigenvalue weighted by Crippen LogP contribution is -2.50. The SMILES string of the molecule is COc1cccc([C@H]2SC[C@@H](OC(C)=O)[C@]23C(=O)N(c2ccccc2)N=C3C)c1. The Balaban J connectivity index is 1.83. The van der Waals surface area contributed by atoms with Gasteiger partial charge in [-0.25, -0.2) is 0 Å². The van der Waals surface area contributed by atoms with E-state index in [9.17, 15) is 9.59 Å². The summed E-state index contributed by atoms with van der Waals surface area (Å²) in [6.07, 6.45) is -0.592. The number of hydrogen-bond acceptors (Lipinski definition) is 6. The van der Waals surface area contributed by atoms with Crippen LogP contribution in [-0.2, 0) is 14.3 Å². The van der Waals surface area contributed by atoms with Crippen LogP contribution in [0.2, 0.25) is 0 Å². The zero-order valence-electron chi connectivity index (χ0n) is 16.5. The van der Waals surface area contributed by atoms with Gasteiger partial charge in [0.15, 0.2) is 0 Å². The minimum absolute atomic E-state index is 0.176. The molecule has 2 aliphatic heterocycles. The lowest BCUT2D eigenvalue weighted by Gasteiger charge is -2.34. The van der Waals surface area contributed by atoms with Gasteiger partial charge in [0, 0.05) is 12.7 Å². The van der Waals surface area contributed by atoms with Gasteiger partial charge in [-0.2, -0.15) is 10.1 Å². The summed E-state index contributed by atoms with van der Waals surface area (Å²) in [6.45, 7) is 3.22. The van der Waals surface area contributed by atoms with E-state index in [0.29, 0.717) is 22.9 Å². The number of thioether (sulfide) groups is 1. The average Bonchev–Trinajstić information content (AvgIpc) is 3.23. The van der Waals surface area contributed by atoms with Gasteiger partial charge in [-0.15, -0.1) is 11.8 Å². The van der Waals surface area contributed by atoms with Crippen molar-refractivity contribution in [2.45, 2.75) is 25.2 Å². The molecule has 0 aromatic heterocycles. The number of nitrogens with zero attached hydrogens (tertiary/aromatic N) is 2. The third-order valence-electron chi connectivity index (χ3n) is 5.44. The van der Waals surface area contributed by atoms with Gasteiger partial charge in [-0.05, 0) is 36.8 Å². The highest BCUT2D eigenvalue weighted by atomic mass is 32.2. The number of rotatable bonds is 4. The van der Waals surface area contributed by atoms with Crippen molar-refractivity contribution in [3.8, 4) is 5.75 Å². The van der Waals surface area contributed by atoms with Crippen LogP contribution >= 0.6 is 11.8 Å². The average molecular weight is 410 g/mol. The number of amides is 1. The Morgan fingerprint density at radius 1 is 1.21 bits per heavy atom. The number of carbonyl (C=O) groups excluding carboxylic acids is 2. The van der Waals surface area contributed by atoms with Crippen molar-refractivity contribution in [2.24, 2.45) is 10.5 Å². The maximum Gasteiger partial charge on any atom is 0.302 e. The Morgan fingerprint density at radius 3 is 2.66 bits per heavy atom. The summed E-state index contributed by atoms with van der Waals surface area (Å²) in [4.78, 5) is 25.7. The minimum Gasteiger partial charge on any atom is -0.497 e. The van der Waals surface area contributed by atoms with E-state index in [-0.39, 0.29) is 11.2 Å². The molecule has 2 aromatic carbocycles. The first kappa shape index (κ1) is 19.5. The lowest BCUT2D eigenvalue weighted by atomic mass is 9.73. The van der Waals surface area contributed by atoms with Gasteiger partial charge in [-0.3, -0.25) is 9.59 Å². The summed E-state index contributed by atoms with van der Waals surface area (Å²) in [5.41, 5.74) is 1.23. The van der Waals surface area contributed by atoms with Gasteiger partial charge in [0.2, 0.25) is 0 Å². The molecule has 1 amide bonds. The number of hydrogen-bond donors (Lipinski definition) is 0. The molecule has 0 aliphatic carbocycles. The van der Waals surface area contributed by atoms with Crippen molar-refractivity contribution in [2.75, 3.05) is 17.9 Å². The number of benzene rings is 2. The molecule has 2 heterocycles. The Bertz CT molecular complexity index is 978. The summed E-state index contributed by atoms with van der Waals surface area (Å²) in [5, 5.41) is 5.81. The molecule has 0 N–H and O–H groups in total. The largest absolute Gasteiger partial charge is 0.497 e. The molecule has 29 heavy (non-hydrogen) atoms. The van der Waals surface area contributed by atoms with Crippen molar-refractivity contribution < 1.29 is 19.1 Å². The summed E-state index contributed by atoms with van der Waals surface area (Å²) < 4.78 is 11.0. The third kappa shape index (κ3) is 3.09. The van der Waals surface area contributed by atoms with Crippen LogP contribution in [0.3, 0.4) is 0 Å². The summed E-state index contributed by atoms with van der Waals surface area (Å²) in [5.74, 6) is 0.655. The van der Waals surface area contributed by atoms with E-state index in [1.54, 1.807) is 18.9 Å². The molecule has 0 bridgehead atoms. The number of carbonyl (C=O) groups is 2. The van der Waals surface area contributed by atoms with Crippen LogP contribution in [0.15, 0.2) is 59.7 Å². The lowest BCUT2D eigenvalue weighted by molar-refractivity contribution is -0.151.